The van der Waals surface area contributed by atoms with Crippen molar-refractivity contribution in [2.24, 2.45) is 10.2 Å². The molecule has 0 aliphatic rings. The van der Waals surface area contributed by atoms with Crippen LogP contribution in [0.15, 0.2) is 95.2 Å². The van der Waals surface area contributed by atoms with Gasteiger partial charge in [0, 0.05) is 11.8 Å². The van der Waals surface area contributed by atoms with Crippen LogP contribution in [0.5, 0.6) is 0 Å². The molecule has 0 saturated carbocycles. The van der Waals surface area contributed by atoms with Crippen LogP contribution in [0, 0.1) is 5.82 Å². The highest BCUT2D eigenvalue weighted by Gasteiger charge is 2.06. The fraction of sp³-hybridized carbons (Fsp3) is 0.0435. The van der Waals surface area contributed by atoms with E-state index in [0.29, 0.717) is 16.9 Å². The van der Waals surface area contributed by atoms with Gasteiger partial charge in [-0.2, -0.15) is 10.2 Å². The summed E-state index contributed by atoms with van der Waals surface area (Å²) in [5.74, 6) is -1.51. The Morgan fingerprint density at radius 2 is 1.50 bits per heavy atom. The van der Waals surface area contributed by atoms with E-state index in [1.54, 1.807) is 24.3 Å². The fourth-order valence-electron chi connectivity index (χ4n) is 2.34. The summed E-state index contributed by atoms with van der Waals surface area (Å²) in [6.45, 7) is -0.429. The Hall–Kier alpha value is -4.13. The summed E-state index contributed by atoms with van der Waals surface area (Å²) in [4.78, 5) is 23.6. The van der Waals surface area contributed by atoms with Gasteiger partial charge in [0.15, 0.2) is 6.61 Å². The number of carbonyl (C=O) groups is 2. The maximum Gasteiger partial charge on any atom is 0.331 e. The number of amides is 1. The third kappa shape index (κ3) is 6.79. The molecule has 0 aliphatic heterocycles. The van der Waals surface area contributed by atoms with Gasteiger partial charge in [-0.25, -0.2) is 9.18 Å². The van der Waals surface area contributed by atoms with Gasteiger partial charge in [0.05, 0.1) is 11.4 Å². The molecule has 0 spiro atoms. The summed E-state index contributed by atoms with van der Waals surface area (Å²) in [7, 11) is 0. The average Bonchev–Trinajstić information content (AvgIpc) is 2.77. The van der Waals surface area contributed by atoms with Crippen LogP contribution in [0.1, 0.15) is 5.56 Å². The van der Waals surface area contributed by atoms with Gasteiger partial charge < -0.3 is 10.1 Å². The minimum Gasteiger partial charge on any atom is -0.452 e. The van der Waals surface area contributed by atoms with Crippen molar-refractivity contribution in [3.8, 4) is 0 Å². The second-order valence-corrected chi connectivity index (χ2v) is 6.12. The maximum absolute atomic E-state index is 12.8. The highest BCUT2D eigenvalue weighted by atomic mass is 19.1. The highest BCUT2D eigenvalue weighted by molar-refractivity contribution is 5.94. The monoisotopic (exact) mass is 403 g/mol. The Bertz CT molecular complexity index is 1050. The second-order valence-electron chi connectivity index (χ2n) is 6.12. The molecular weight excluding hydrogens is 385 g/mol. The summed E-state index contributed by atoms with van der Waals surface area (Å²) in [6.07, 6.45) is 2.65. The lowest BCUT2D eigenvalue weighted by Gasteiger charge is -2.05. The number of carbonyl (C=O) groups excluding carboxylic acids is 2. The minimum absolute atomic E-state index is 0.362. The van der Waals surface area contributed by atoms with Gasteiger partial charge in [0.1, 0.15) is 5.82 Å². The van der Waals surface area contributed by atoms with Crippen LogP contribution in [0.25, 0.3) is 6.08 Å². The summed E-state index contributed by atoms with van der Waals surface area (Å²) < 4.78 is 17.7. The number of hydrogen-bond acceptors (Lipinski definition) is 5. The predicted molar refractivity (Wildman–Crippen MR) is 112 cm³/mol. The Labute approximate surface area is 172 Å². The molecule has 0 radical (unpaired) electrons. The molecule has 0 aromatic heterocycles. The number of hydrogen-bond donors (Lipinski definition) is 1. The van der Waals surface area contributed by atoms with Crippen molar-refractivity contribution in [1.82, 2.24) is 0 Å². The lowest BCUT2D eigenvalue weighted by atomic mass is 10.2. The van der Waals surface area contributed by atoms with Gasteiger partial charge in [-0.1, -0.05) is 30.3 Å². The minimum atomic E-state index is -0.675. The van der Waals surface area contributed by atoms with Crippen LogP contribution in [-0.4, -0.2) is 18.5 Å². The van der Waals surface area contributed by atoms with Crippen molar-refractivity contribution in [3.05, 3.63) is 96.3 Å². The molecule has 0 fully saturated rings. The van der Waals surface area contributed by atoms with E-state index >= 15 is 0 Å². The average molecular weight is 403 g/mol. The first-order valence-corrected chi connectivity index (χ1v) is 9.05. The van der Waals surface area contributed by atoms with E-state index in [-0.39, 0.29) is 5.82 Å². The zero-order chi connectivity index (χ0) is 21.2. The van der Waals surface area contributed by atoms with Gasteiger partial charge in [-0.05, 0) is 60.2 Å². The molecule has 7 heteroatoms. The first-order chi connectivity index (χ1) is 14.6. The van der Waals surface area contributed by atoms with Crippen molar-refractivity contribution < 1.29 is 18.7 Å². The number of anilines is 1. The van der Waals surface area contributed by atoms with Crippen molar-refractivity contribution in [1.29, 1.82) is 0 Å². The number of nitrogens with one attached hydrogen (secondary N) is 1. The molecule has 3 aromatic carbocycles. The van der Waals surface area contributed by atoms with Crippen LogP contribution in [0.4, 0.5) is 21.5 Å². The molecule has 3 rings (SSSR count). The molecule has 150 valence electrons. The van der Waals surface area contributed by atoms with Crippen LogP contribution < -0.4 is 5.32 Å². The van der Waals surface area contributed by atoms with Crippen LogP contribution in [0.2, 0.25) is 0 Å². The molecule has 30 heavy (non-hydrogen) atoms. The topological polar surface area (TPSA) is 80.1 Å². The number of benzene rings is 3. The van der Waals surface area contributed by atoms with Crippen molar-refractivity contribution in [2.75, 3.05) is 11.9 Å². The first kappa shape index (κ1) is 20.6. The van der Waals surface area contributed by atoms with E-state index in [1.807, 2.05) is 30.3 Å². The molecule has 0 bridgehead atoms. The Morgan fingerprint density at radius 3 is 2.17 bits per heavy atom. The normalized spacial score (nSPS) is 11.0. The lowest BCUT2D eigenvalue weighted by molar-refractivity contribution is -0.142. The summed E-state index contributed by atoms with van der Waals surface area (Å²) in [5.41, 5.74) is 2.55. The van der Waals surface area contributed by atoms with Crippen LogP contribution in [-0.2, 0) is 14.3 Å². The van der Waals surface area contributed by atoms with Gasteiger partial charge >= 0.3 is 5.97 Å². The molecule has 0 atom stereocenters. The molecule has 1 amide bonds. The number of rotatable bonds is 7. The van der Waals surface area contributed by atoms with E-state index in [4.69, 9.17) is 4.74 Å². The number of halogens is 1. The molecule has 0 unspecified atom stereocenters. The van der Waals surface area contributed by atoms with Gasteiger partial charge in [-0.15, -0.1) is 0 Å². The SMILES string of the molecule is O=C(COC(=O)/C=C/c1ccc(F)cc1)Nc1ccc(N=Nc2ccccc2)cc1. The molecule has 0 saturated heterocycles. The second kappa shape index (κ2) is 10.4. The third-order valence-electron chi connectivity index (χ3n) is 3.82. The van der Waals surface area contributed by atoms with E-state index in [0.717, 1.165) is 5.69 Å². The summed E-state index contributed by atoms with van der Waals surface area (Å²) in [6, 6.07) is 21.7. The van der Waals surface area contributed by atoms with Crippen LogP contribution >= 0.6 is 0 Å². The summed E-state index contributed by atoms with van der Waals surface area (Å²) in [5, 5.41) is 10.9. The molecule has 0 heterocycles. The molecular formula is C23H18FN3O3. The fourth-order valence-corrected chi connectivity index (χ4v) is 2.34. The van der Waals surface area contributed by atoms with Crippen molar-refractivity contribution in [3.63, 3.8) is 0 Å². The maximum atomic E-state index is 12.8. The molecule has 6 nitrogen and oxygen atoms in total. The number of esters is 1. The number of nitrogens with zero attached hydrogens (tertiary/aromatic N) is 2. The van der Waals surface area contributed by atoms with Crippen LogP contribution in [0.3, 0.4) is 0 Å². The lowest BCUT2D eigenvalue weighted by Crippen LogP contribution is -2.20. The zero-order valence-electron chi connectivity index (χ0n) is 15.9. The van der Waals surface area contributed by atoms with E-state index in [1.165, 1.54) is 36.4 Å². The molecule has 3 aromatic rings. The smallest absolute Gasteiger partial charge is 0.331 e. The largest absolute Gasteiger partial charge is 0.452 e. The standard InChI is InChI=1S/C23H18FN3O3/c24-18-9-6-17(7-10-18)8-15-23(29)30-16-22(28)25-19-11-13-21(14-12-19)27-26-20-4-2-1-3-5-20/h1-15H,16H2,(H,25,28)/b15-8+,27-26?. The first-order valence-electron chi connectivity index (χ1n) is 9.05. The van der Waals surface area contributed by atoms with Gasteiger partial charge in [-0.3, -0.25) is 4.79 Å². The Morgan fingerprint density at radius 1 is 0.867 bits per heavy atom. The molecule has 0 aliphatic carbocycles. The van der Waals surface area contributed by atoms with Crippen molar-refractivity contribution >= 4 is 35.0 Å². The third-order valence-corrected chi connectivity index (χ3v) is 3.82. The van der Waals surface area contributed by atoms with Crippen molar-refractivity contribution in [2.45, 2.75) is 0 Å². The number of azo groups is 1. The predicted octanol–water partition coefficient (Wildman–Crippen LogP) is 5.44. The van der Waals surface area contributed by atoms with Gasteiger partial charge in [0.2, 0.25) is 0 Å². The molecule has 1 N–H and O–H groups in total. The van der Waals surface area contributed by atoms with E-state index < -0.39 is 18.5 Å². The highest BCUT2D eigenvalue weighted by Crippen LogP contribution is 2.20. The Kier molecular flexibility index (Phi) is 7.16. The quantitative estimate of drug-likeness (QED) is 0.324. The summed E-state index contributed by atoms with van der Waals surface area (Å²) >= 11 is 0. The van der Waals surface area contributed by atoms with E-state index in [9.17, 15) is 14.0 Å². The number of ether oxygens (including phenoxy) is 1. The van der Waals surface area contributed by atoms with E-state index in [2.05, 4.69) is 15.5 Å². The zero-order valence-corrected chi connectivity index (χ0v) is 15.9. The Balaban J connectivity index is 1.44. The van der Waals surface area contributed by atoms with Gasteiger partial charge in [0.25, 0.3) is 5.91 Å².